The molecule has 10 nitrogen and oxygen atoms in total. The van der Waals surface area contributed by atoms with E-state index in [4.69, 9.17) is 23.4 Å². The molecule has 3 aromatic heterocycles. The predicted octanol–water partition coefficient (Wildman–Crippen LogP) is 7.72. The zero-order valence-corrected chi connectivity index (χ0v) is 25.9. The maximum absolute atomic E-state index is 13.0. The molecule has 0 amide bonds. The Morgan fingerprint density at radius 3 is 2.59 bits per heavy atom. The minimum absolute atomic E-state index is 0.118. The molecular formula is C35H29N3O7S. The molecule has 3 heterocycles. The Balaban J connectivity index is 1.45. The van der Waals surface area contributed by atoms with Gasteiger partial charge in [-0.2, -0.15) is 8.75 Å². The van der Waals surface area contributed by atoms with Crippen molar-refractivity contribution in [2.24, 2.45) is 0 Å². The van der Waals surface area contributed by atoms with Crippen molar-refractivity contribution in [2.45, 2.75) is 26.7 Å². The number of aromatic nitrogens is 3. The molecule has 4 aromatic carbocycles. The van der Waals surface area contributed by atoms with Crippen LogP contribution in [0.25, 0.3) is 44.2 Å². The van der Waals surface area contributed by atoms with Crippen LogP contribution in [-0.2, 0) is 24.5 Å². The fourth-order valence-electron chi connectivity index (χ4n) is 5.60. The van der Waals surface area contributed by atoms with E-state index < -0.39 is 6.16 Å². The number of carbonyl (C=O) groups is 1. The van der Waals surface area contributed by atoms with Gasteiger partial charge in [-0.15, -0.1) is 0 Å². The average molecular weight is 636 g/mol. The lowest BCUT2D eigenvalue weighted by Crippen LogP contribution is -2.14. The topological polar surface area (TPSA) is 118 Å². The minimum Gasteiger partial charge on any atom is -0.497 e. The van der Waals surface area contributed by atoms with Gasteiger partial charge in [0.25, 0.3) is 0 Å². The van der Waals surface area contributed by atoms with E-state index in [2.05, 4.69) is 8.75 Å². The van der Waals surface area contributed by atoms with Gasteiger partial charge < -0.3 is 33.0 Å². The second-order valence-electron chi connectivity index (χ2n) is 10.5. The largest absolute Gasteiger partial charge is 0.515 e. The van der Waals surface area contributed by atoms with Gasteiger partial charge in [0.15, 0.2) is 5.58 Å². The Bertz CT molecular complexity index is 2200. The van der Waals surface area contributed by atoms with Crippen molar-refractivity contribution < 1.29 is 33.3 Å². The highest BCUT2D eigenvalue weighted by Gasteiger charge is 2.30. The molecule has 0 saturated heterocycles. The van der Waals surface area contributed by atoms with Gasteiger partial charge in [0.05, 0.1) is 49.7 Å². The standard InChI is InChI=1S/C35H29N3O7S/c1-3-42-35(40)45-34-31(25-14-13-24(41-2)17-30(25)43-20-23-9-5-4-8-22(23)19-39)33-32(26-10-6-7-11-29(26)44-33)38(34)18-21-12-15-27-28(16-21)37-46-36-27/h4-17,39H,3,18-20H2,1-2H3. The predicted molar refractivity (Wildman–Crippen MR) is 175 cm³/mol. The second-order valence-corrected chi connectivity index (χ2v) is 11.0. The highest BCUT2D eigenvalue weighted by molar-refractivity contribution is 7.00. The summed E-state index contributed by atoms with van der Waals surface area (Å²) < 4.78 is 40.4. The first-order chi connectivity index (χ1) is 22.6. The summed E-state index contributed by atoms with van der Waals surface area (Å²) in [5, 5.41) is 10.7. The van der Waals surface area contributed by atoms with E-state index >= 15 is 0 Å². The van der Waals surface area contributed by atoms with Gasteiger partial charge in [-0.3, -0.25) is 0 Å². The van der Waals surface area contributed by atoms with E-state index in [0.717, 1.165) is 50.4 Å². The first-order valence-corrected chi connectivity index (χ1v) is 15.4. The third-order valence-electron chi connectivity index (χ3n) is 7.76. The summed E-state index contributed by atoms with van der Waals surface area (Å²) >= 11 is 1.16. The van der Waals surface area contributed by atoms with Crippen LogP contribution in [0.4, 0.5) is 4.79 Å². The number of carbonyl (C=O) groups excluding carboxylic acids is 1. The smallest absolute Gasteiger partial charge is 0.497 e. The van der Waals surface area contributed by atoms with E-state index in [1.807, 2.05) is 83.4 Å². The van der Waals surface area contributed by atoms with Crippen LogP contribution in [0.2, 0.25) is 0 Å². The normalized spacial score (nSPS) is 11.4. The van der Waals surface area contributed by atoms with Crippen LogP contribution in [0.3, 0.4) is 0 Å². The van der Waals surface area contributed by atoms with Gasteiger partial charge in [-0.05, 0) is 60.0 Å². The van der Waals surface area contributed by atoms with E-state index in [1.165, 1.54) is 0 Å². The number of aliphatic hydroxyl groups excluding tert-OH is 1. The molecule has 0 spiro atoms. The summed E-state index contributed by atoms with van der Waals surface area (Å²) in [7, 11) is 1.58. The summed E-state index contributed by atoms with van der Waals surface area (Å²) in [6.07, 6.45) is -0.846. The SMILES string of the molecule is CCOC(=O)Oc1c(-c2ccc(OC)cc2OCc2ccccc2CO)c2oc3ccccc3c2n1Cc1ccc2nsnc2c1. The fraction of sp³-hybridized carbons (Fsp3) is 0.171. The molecule has 0 saturated carbocycles. The van der Waals surface area contributed by atoms with Gasteiger partial charge in [-0.25, -0.2) is 4.79 Å². The van der Waals surface area contributed by atoms with E-state index in [0.29, 0.717) is 40.3 Å². The van der Waals surface area contributed by atoms with Crippen molar-refractivity contribution in [2.75, 3.05) is 13.7 Å². The Kier molecular flexibility index (Phi) is 8.00. The number of hydrogen-bond acceptors (Lipinski definition) is 10. The summed E-state index contributed by atoms with van der Waals surface area (Å²) in [5.74, 6) is 1.28. The van der Waals surface area contributed by atoms with Crippen molar-refractivity contribution in [3.63, 3.8) is 0 Å². The van der Waals surface area contributed by atoms with Crippen LogP contribution in [-0.4, -0.2) is 38.3 Å². The van der Waals surface area contributed by atoms with Gasteiger partial charge in [0.2, 0.25) is 5.88 Å². The van der Waals surface area contributed by atoms with E-state index in [-0.39, 0.29) is 25.7 Å². The quantitative estimate of drug-likeness (QED) is 0.151. The fourth-order valence-corrected chi connectivity index (χ4v) is 6.11. The van der Waals surface area contributed by atoms with E-state index in [1.54, 1.807) is 20.1 Å². The molecule has 0 aliphatic rings. The van der Waals surface area contributed by atoms with Crippen molar-refractivity contribution >= 4 is 51.0 Å². The zero-order chi connectivity index (χ0) is 31.6. The van der Waals surface area contributed by atoms with Crippen LogP contribution in [0.5, 0.6) is 17.4 Å². The number of methoxy groups -OCH3 is 1. The number of furan rings is 1. The average Bonchev–Trinajstić information content (AvgIpc) is 3.77. The molecule has 0 aliphatic carbocycles. The summed E-state index contributed by atoms with van der Waals surface area (Å²) in [5.41, 5.74) is 7.18. The Hall–Kier alpha value is -5.39. The molecule has 1 N–H and O–H groups in total. The molecular weight excluding hydrogens is 606 g/mol. The minimum atomic E-state index is -0.846. The van der Waals surface area contributed by atoms with Gasteiger partial charge in [0, 0.05) is 17.0 Å². The number of rotatable bonds is 10. The van der Waals surface area contributed by atoms with Crippen LogP contribution in [0, 0.1) is 0 Å². The number of fused-ring (bicyclic) bond motifs is 4. The molecule has 0 aliphatic heterocycles. The lowest BCUT2D eigenvalue weighted by molar-refractivity contribution is 0.101. The summed E-state index contributed by atoms with van der Waals surface area (Å²) in [6, 6.07) is 26.6. The molecule has 46 heavy (non-hydrogen) atoms. The third-order valence-corrected chi connectivity index (χ3v) is 8.31. The van der Waals surface area contributed by atoms with Crippen molar-refractivity contribution in [1.29, 1.82) is 0 Å². The highest BCUT2D eigenvalue weighted by Crippen LogP contribution is 2.48. The Morgan fingerprint density at radius 2 is 1.76 bits per heavy atom. The first kappa shape index (κ1) is 29.3. The maximum atomic E-state index is 13.0. The monoisotopic (exact) mass is 635 g/mol. The lowest BCUT2D eigenvalue weighted by Gasteiger charge is -2.16. The molecule has 0 bridgehead atoms. The van der Waals surface area contributed by atoms with Crippen molar-refractivity contribution in [3.05, 3.63) is 102 Å². The first-order valence-electron chi connectivity index (χ1n) is 14.7. The number of ether oxygens (including phenoxy) is 4. The Morgan fingerprint density at radius 1 is 0.957 bits per heavy atom. The molecule has 232 valence electrons. The summed E-state index contributed by atoms with van der Waals surface area (Å²) in [4.78, 5) is 13.0. The highest BCUT2D eigenvalue weighted by atomic mass is 32.1. The van der Waals surface area contributed by atoms with Gasteiger partial charge in [-0.1, -0.05) is 42.5 Å². The molecule has 7 rings (SSSR count). The molecule has 0 fully saturated rings. The van der Waals surface area contributed by atoms with E-state index in [9.17, 15) is 9.90 Å². The third kappa shape index (κ3) is 5.40. The zero-order valence-electron chi connectivity index (χ0n) is 25.1. The lowest BCUT2D eigenvalue weighted by atomic mass is 10.1. The molecule has 0 radical (unpaired) electrons. The molecule has 11 heteroatoms. The molecule has 0 unspecified atom stereocenters. The maximum Gasteiger partial charge on any atom is 0.515 e. The number of aliphatic hydroxyl groups is 1. The van der Waals surface area contributed by atoms with Crippen LogP contribution < -0.4 is 14.2 Å². The van der Waals surface area contributed by atoms with Crippen LogP contribution in [0.15, 0.2) is 89.3 Å². The number of hydrogen-bond donors (Lipinski definition) is 1. The Labute approximate surface area is 267 Å². The van der Waals surface area contributed by atoms with Gasteiger partial charge in [0.1, 0.15) is 34.7 Å². The summed E-state index contributed by atoms with van der Waals surface area (Å²) in [6.45, 7) is 2.25. The van der Waals surface area contributed by atoms with Crippen LogP contribution >= 0.6 is 11.7 Å². The van der Waals surface area contributed by atoms with Gasteiger partial charge >= 0.3 is 6.16 Å². The van der Waals surface area contributed by atoms with Crippen LogP contribution in [0.1, 0.15) is 23.6 Å². The molecule has 7 aromatic rings. The van der Waals surface area contributed by atoms with Crippen molar-refractivity contribution in [3.8, 4) is 28.5 Å². The number of para-hydroxylation sites is 1. The second kappa shape index (κ2) is 12.5. The number of benzene rings is 4. The van der Waals surface area contributed by atoms with Crippen molar-refractivity contribution in [1.82, 2.24) is 13.3 Å². The number of nitrogens with zero attached hydrogens (tertiary/aromatic N) is 3. The molecule has 0 atom stereocenters.